The van der Waals surface area contributed by atoms with Gasteiger partial charge in [-0.25, -0.2) is 0 Å². The lowest BCUT2D eigenvalue weighted by Gasteiger charge is -2.36. The lowest BCUT2D eigenvalue weighted by atomic mass is 9.80. The fourth-order valence-corrected chi connectivity index (χ4v) is 2.38. The Hall–Kier alpha value is -1.98. The molecule has 6 nitrogen and oxygen atoms in total. The number of carbonyl (C=O) groups is 1. The SMILES string of the molecule is N/C(=N/O)C1(NC(=O)c2ccco2)CCCCC1. The number of furan rings is 1. The Morgan fingerprint density at radius 1 is 1.44 bits per heavy atom. The molecule has 18 heavy (non-hydrogen) atoms. The van der Waals surface area contributed by atoms with Crippen LogP contribution in [-0.2, 0) is 0 Å². The standard InChI is InChI=1S/C12H17N3O3/c13-11(15-17)12(6-2-1-3-7-12)14-10(16)9-5-4-8-18-9/h4-5,8,17H,1-3,6-7H2,(H2,13,15)(H,14,16). The van der Waals surface area contributed by atoms with E-state index in [0.29, 0.717) is 12.8 Å². The zero-order valence-corrected chi connectivity index (χ0v) is 10.1. The molecule has 1 saturated carbocycles. The van der Waals surface area contributed by atoms with Crippen molar-refractivity contribution in [3.63, 3.8) is 0 Å². The molecule has 0 aliphatic heterocycles. The Morgan fingerprint density at radius 3 is 2.72 bits per heavy atom. The van der Waals surface area contributed by atoms with Crippen LogP contribution in [-0.4, -0.2) is 22.5 Å². The normalized spacial score (nSPS) is 19.4. The van der Waals surface area contributed by atoms with Crippen molar-refractivity contribution in [3.8, 4) is 0 Å². The van der Waals surface area contributed by atoms with Crippen LogP contribution in [0.1, 0.15) is 42.7 Å². The molecule has 1 heterocycles. The van der Waals surface area contributed by atoms with Crippen molar-refractivity contribution in [1.82, 2.24) is 5.32 Å². The largest absolute Gasteiger partial charge is 0.459 e. The van der Waals surface area contributed by atoms with Gasteiger partial charge in [-0.2, -0.15) is 0 Å². The lowest BCUT2D eigenvalue weighted by molar-refractivity contribution is 0.0877. The van der Waals surface area contributed by atoms with Crippen molar-refractivity contribution in [2.24, 2.45) is 10.9 Å². The van der Waals surface area contributed by atoms with E-state index in [1.807, 2.05) is 0 Å². The van der Waals surface area contributed by atoms with Crippen LogP contribution in [0, 0.1) is 0 Å². The second kappa shape index (κ2) is 5.12. The van der Waals surface area contributed by atoms with Gasteiger partial charge in [-0.1, -0.05) is 24.4 Å². The summed E-state index contributed by atoms with van der Waals surface area (Å²) in [5.74, 6) is -0.0544. The number of nitrogens with two attached hydrogens (primary N) is 1. The molecule has 0 atom stereocenters. The number of amidine groups is 1. The van der Waals surface area contributed by atoms with Crippen molar-refractivity contribution < 1.29 is 14.4 Å². The van der Waals surface area contributed by atoms with E-state index in [1.165, 1.54) is 6.26 Å². The zero-order valence-electron chi connectivity index (χ0n) is 10.1. The van der Waals surface area contributed by atoms with E-state index in [2.05, 4.69) is 10.5 Å². The highest BCUT2D eigenvalue weighted by Crippen LogP contribution is 2.28. The van der Waals surface area contributed by atoms with Gasteiger partial charge in [0, 0.05) is 0 Å². The maximum absolute atomic E-state index is 12.0. The van der Waals surface area contributed by atoms with Gasteiger partial charge in [-0.05, 0) is 25.0 Å². The summed E-state index contributed by atoms with van der Waals surface area (Å²) >= 11 is 0. The van der Waals surface area contributed by atoms with E-state index in [9.17, 15) is 4.79 Å². The van der Waals surface area contributed by atoms with Crippen LogP contribution < -0.4 is 11.1 Å². The number of nitrogens with zero attached hydrogens (tertiary/aromatic N) is 1. The Balaban J connectivity index is 2.18. The molecule has 1 aromatic heterocycles. The maximum Gasteiger partial charge on any atom is 0.287 e. The van der Waals surface area contributed by atoms with Crippen LogP contribution in [0.2, 0.25) is 0 Å². The van der Waals surface area contributed by atoms with Crippen molar-refractivity contribution in [1.29, 1.82) is 0 Å². The predicted molar refractivity (Wildman–Crippen MR) is 65.4 cm³/mol. The van der Waals surface area contributed by atoms with Gasteiger partial charge in [-0.3, -0.25) is 4.79 Å². The van der Waals surface area contributed by atoms with Crippen LogP contribution in [0.5, 0.6) is 0 Å². The van der Waals surface area contributed by atoms with Gasteiger partial charge in [0.2, 0.25) is 0 Å². The molecule has 6 heteroatoms. The van der Waals surface area contributed by atoms with E-state index < -0.39 is 5.54 Å². The third kappa shape index (κ3) is 2.32. The summed E-state index contributed by atoms with van der Waals surface area (Å²) in [6, 6.07) is 3.23. The number of rotatable bonds is 3. The van der Waals surface area contributed by atoms with Crippen molar-refractivity contribution in [2.75, 3.05) is 0 Å². The first-order valence-corrected chi connectivity index (χ1v) is 6.02. The number of nitrogens with one attached hydrogen (secondary N) is 1. The third-order valence-corrected chi connectivity index (χ3v) is 3.40. The van der Waals surface area contributed by atoms with Gasteiger partial charge in [0.25, 0.3) is 5.91 Å². The minimum atomic E-state index is -0.753. The average molecular weight is 251 g/mol. The second-order valence-corrected chi connectivity index (χ2v) is 4.56. The van der Waals surface area contributed by atoms with Gasteiger partial charge in [0.05, 0.1) is 6.26 Å². The maximum atomic E-state index is 12.0. The van der Waals surface area contributed by atoms with Gasteiger partial charge in [0.15, 0.2) is 11.6 Å². The summed E-state index contributed by atoms with van der Waals surface area (Å²) in [6.07, 6.45) is 5.76. The molecule has 0 unspecified atom stereocenters. The zero-order chi connectivity index (χ0) is 13.0. The molecular weight excluding hydrogens is 234 g/mol. The highest BCUT2D eigenvalue weighted by Gasteiger charge is 2.38. The molecule has 1 amide bonds. The van der Waals surface area contributed by atoms with Crippen LogP contribution in [0.15, 0.2) is 28.0 Å². The van der Waals surface area contributed by atoms with Crippen molar-refractivity contribution in [3.05, 3.63) is 24.2 Å². The highest BCUT2D eigenvalue weighted by atomic mass is 16.4. The Bertz CT molecular complexity index is 433. The number of amides is 1. The van der Waals surface area contributed by atoms with E-state index in [4.69, 9.17) is 15.4 Å². The summed E-state index contributed by atoms with van der Waals surface area (Å²) in [7, 11) is 0. The van der Waals surface area contributed by atoms with Gasteiger partial charge >= 0.3 is 0 Å². The summed E-state index contributed by atoms with van der Waals surface area (Å²) in [4.78, 5) is 12.0. The first-order valence-electron chi connectivity index (χ1n) is 6.02. The van der Waals surface area contributed by atoms with Crippen molar-refractivity contribution >= 4 is 11.7 Å². The molecule has 0 spiro atoms. The summed E-state index contributed by atoms with van der Waals surface area (Å²) in [5, 5.41) is 14.8. The second-order valence-electron chi connectivity index (χ2n) is 4.56. The van der Waals surface area contributed by atoms with Crippen LogP contribution in [0.4, 0.5) is 0 Å². The molecule has 4 N–H and O–H groups in total. The number of hydrogen-bond donors (Lipinski definition) is 3. The minimum absolute atomic E-state index is 0.0575. The molecular formula is C12H17N3O3. The molecule has 1 fully saturated rings. The van der Waals surface area contributed by atoms with E-state index >= 15 is 0 Å². The van der Waals surface area contributed by atoms with Crippen LogP contribution >= 0.6 is 0 Å². The highest BCUT2D eigenvalue weighted by molar-refractivity contribution is 5.98. The van der Waals surface area contributed by atoms with Crippen LogP contribution in [0.3, 0.4) is 0 Å². The molecule has 2 rings (SSSR count). The molecule has 1 aliphatic rings. The molecule has 0 bridgehead atoms. The lowest BCUT2D eigenvalue weighted by Crippen LogP contribution is -2.58. The predicted octanol–water partition coefficient (Wildman–Crippen LogP) is 1.46. The number of oxime groups is 1. The topological polar surface area (TPSA) is 101 Å². The van der Waals surface area contributed by atoms with Crippen molar-refractivity contribution in [2.45, 2.75) is 37.6 Å². The molecule has 0 aromatic carbocycles. The Kier molecular flexibility index (Phi) is 3.55. The number of hydrogen-bond acceptors (Lipinski definition) is 4. The molecule has 1 aromatic rings. The third-order valence-electron chi connectivity index (χ3n) is 3.40. The average Bonchev–Trinajstić information content (AvgIpc) is 2.93. The van der Waals surface area contributed by atoms with Gasteiger partial charge in [-0.15, -0.1) is 0 Å². The van der Waals surface area contributed by atoms with Gasteiger partial charge < -0.3 is 20.7 Å². The monoisotopic (exact) mass is 251 g/mol. The van der Waals surface area contributed by atoms with Crippen LogP contribution in [0.25, 0.3) is 0 Å². The first-order chi connectivity index (χ1) is 8.68. The molecule has 0 saturated heterocycles. The quantitative estimate of drug-likeness (QED) is 0.327. The smallest absolute Gasteiger partial charge is 0.287 e. The Morgan fingerprint density at radius 2 is 2.17 bits per heavy atom. The molecule has 98 valence electrons. The summed E-state index contributed by atoms with van der Waals surface area (Å²) < 4.78 is 5.04. The summed E-state index contributed by atoms with van der Waals surface area (Å²) in [5.41, 5.74) is 4.99. The van der Waals surface area contributed by atoms with E-state index in [-0.39, 0.29) is 17.5 Å². The Labute approximate surface area is 105 Å². The minimum Gasteiger partial charge on any atom is -0.459 e. The van der Waals surface area contributed by atoms with E-state index in [1.54, 1.807) is 12.1 Å². The first kappa shape index (κ1) is 12.5. The van der Waals surface area contributed by atoms with E-state index in [0.717, 1.165) is 19.3 Å². The fourth-order valence-electron chi connectivity index (χ4n) is 2.38. The molecule has 0 radical (unpaired) electrons. The number of carbonyl (C=O) groups excluding carboxylic acids is 1. The van der Waals surface area contributed by atoms with Gasteiger partial charge in [0.1, 0.15) is 5.54 Å². The fraction of sp³-hybridized carbons (Fsp3) is 0.500. The molecule has 1 aliphatic carbocycles. The summed E-state index contributed by atoms with van der Waals surface area (Å²) in [6.45, 7) is 0.